The number of amides is 1. The SMILES string of the molecule is CN1CCN(C(=O)c2cc(Nc3cc(C(F)(F)F)ccc3Cl)ncn2)CC1. The van der Waals surface area contributed by atoms with Crippen LogP contribution in [-0.2, 0) is 6.18 Å². The normalized spacial score (nSPS) is 15.7. The first-order valence-corrected chi connectivity index (χ1v) is 8.55. The van der Waals surface area contributed by atoms with Crippen LogP contribution in [-0.4, -0.2) is 58.9 Å². The van der Waals surface area contributed by atoms with Gasteiger partial charge in [-0.15, -0.1) is 0 Å². The predicted octanol–water partition coefficient (Wildman–Crippen LogP) is 3.28. The molecule has 1 fully saturated rings. The fourth-order valence-corrected chi connectivity index (χ4v) is 2.81. The van der Waals surface area contributed by atoms with E-state index >= 15 is 0 Å². The fraction of sp³-hybridized carbons (Fsp3) is 0.353. The number of carbonyl (C=O) groups excluding carboxylic acids is 1. The summed E-state index contributed by atoms with van der Waals surface area (Å²) in [5.74, 6) is -0.0626. The number of halogens is 4. The Bertz CT molecular complexity index is 838. The molecule has 144 valence electrons. The molecule has 0 spiro atoms. The number of hydrogen-bond acceptors (Lipinski definition) is 5. The molecule has 2 aromatic rings. The highest BCUT2D eigenvalue weighted by atomic mass is 35.5. The Labute approximate surface area is 159 Å². The highest BCUT2D eigenvalue weighted by Crippen LogP contribution is 2.34. The Balaban J connectivity index is 1.79. The van der Waals surface area contributed by atoms with Gasteiger partial charge in [0.05, 0.1) is 16.3 Å². The summed E-state index contributed by atoms with van der Waals surface area (Å²) in [4.78, 5) is 24.3. The maximum absolute atomic E-state index is 12.9. The van der Waals surface area contributed by atoms with E-state index in [0.717, 1.165) is 31.3 Å². The highest BCUT2D eigenvalue weighted by Gasteiger charge is 2.31. The number of benzene rings is 1. The van der Waals surface area contributed by atoms with E-state index < -0.39 is 11.7 Å². The molecular weight excluding hydrogens is 383 g/mol. The molecular formula is C17H17ClF3N5O. The van der Waals surface area contributed by atoms with Crippen LogP contribution < -0.4 is 5.32 Å². The predicted molar refractivity (Wildman–Crippen MR) is 95.2 cm³/mol. The number of hydrogen-bond donors (Lipinski definition) is 1. The highest BCUT2D eigenvalue weighted by molar-refractivity contribution is 6.33. The van der Waals surface area contributed by atoms with Gasteiger partial charge in [-0.2, -0.15) is 13.2 Å². The average Bonchev–Trinajstić information content (AvgIpc) is 2.63. The third-order valence-corrected chi connectivity index (χ3v) is 4.56. The number of piperazine rings is 1. The molecule has 1 aromatic carbocycles. The largest absolute Gasteiger partial charge is 0.416 e. The molecule has 0 saturated carbocycles. The number of alkyl halides is 3. The summed E-state index contributed by atoms with van der Waals surface area (Å²) in [5.41, 5.74) is -0.625. The smallest absolute Gasteiger partial charge is 0.339 e. The Morgan fingerprint density at radius 3 is 2.52 bits per heavy atom. The van der Waals surface area contributed by atoms with E-state index in [-0.39, 0.29) is 28.1 Å². The maximum atomic E-state index is 12.9. The molecule has 0 unspecified atom stereocenters. The summed E-state index contributed by atoms with van der Waals surface area (Å²) in [6, 6.07) is 4.35. The summed E-state index contributed by atoms with van der Waals surface area (Å²) in [7, 11) is 1.98. The number of aromatic nitrogens is 2. The van der Waals surface area contributed by atoms with Crippen molar-refractivity contribution >= 4 is 29.0 Å². The number of nitrogens with one attached hydrogen (secondary N) is 1. The van der Waals surface area contributed by atoms with E-state index in [1.807, 2.05) is 7.05 Å². The Kier molecular flexibility index (Phi) is 5.52. The number of nitrogens with zero attached hydrogens (tertiary/aromatic N) is 4. The topological polar surface area (TPSA) is 61.4 Å². The van der Waals surface area contributed by atoms with Crippen LogP contribution in [0.2, 0.25) is 5.02 Å². The van der Waals surface area contributed by atoms with Gasteiger partial charge in [0, 0.05) is 32.2 Å². The lowest BCUT2D eigenvalue weighted by molar-refractivity contribution is -0.137. The zero-order valence-electron chi connectivity index (χ0n) is 14.4. The minimum Gasteiger partial charge on any atom is -0.339 e. The van der Waals surface area contributed by atoms with Crippen LogP contribution in [0.3, 0.4) is 0 Å². The second-order valence-electron chi connectivity index (χ2n) is 6.20. The van der Waals surface area contributed by atoms with Gasteiger partial charge in [-0.25, -0.2) is 9.97 Å². The molecule has 6 nitrogen and oxygen atoms in total. The summed E-state index contributed by atoms with van der Waals surface area (Å²) in [6.07, 6.45) is -3.30. The van der Waals surface area contributed by atoms with Crippen molar-refractivity contribution in [3.05, 3.63) is 46.9 Å². The lowest BCUT2D eigenvalue weighted by atomic mass is 10.2. The maximum Gasteiger partial charge on any atom is 0.416 e. The van der Waals surface area contributed by atoms with E-state index in [0.29, 0.717) is 13.1 Å². The molecule has 0 radical (unpaired) electrons. The van der Waals surface area contributed by atoms with Gasteiger partial charge in [-0.05, 0) is 25.2 Å². The Morgan fingerprint density at radius 1 is 1.15 bits per heavy atom. The first-order chi connectivity index (χ1) is 12.7. The minimum atomic E-state index is -4.49. The monoisotopic (exact) mass is 399 g/mol. The van der Waals surface area contributed by atoms with Crippen LogP contribution >= 0.6 is 11.6 Å². The van der Waals surface area contributed by atoms with Crippen molar-refractivity contribution in [1.29, 1.82) is 0 Å². The van der Waals surface area contributed by atoms with Crippen LogP contribution in [0, 0.1) is 0 Å². The van der Waals surface area contributed by atoms with Crippen LogP contribution in [0.25, 0.3) is 0 Å². The van der Waals surface area contributed by atoms with Gasteiger partial charge in [-0.3, -0.25) is 4.79 Å². The molecule has 2 heterocycles. The molecule has 1 aliphatic heterocycles. The van der Waals surface area contributed by atoms with Gasteiger partial charge in [0.1, 0.15) is 17.8 Å². The van der Waals surface area contributed by atoms with E-state index in [1.54, 1.807) is 4.90 Å². The van der Waals surface area contributed by atoms with E-state index in [4.69, 9.17) is 11.6 Å². The fourth-order valence-electron chi connectivity index (χ4n) is 2.65. The molecule has 3 rings (SSSR count). The molecule has 1 saturated heterocycles. The number of anilines is 2. The van der Waals surface area contributed by atoms with Crippen molar-refractivity contribution in [2.45, 2.75) is 6.18 Å². The van der Waals surface area contributed by atoms with Crippen LogP contribution in [0.1, 0.15) is 16.1 Å². The van der Waals surface area contributed by atoms with Crippen molar-refractivity contribution < 1.29 is 18.0 Å². The number of likely N-dealkylation sites (N-methyl/N-ethyl adjacent to an activating group) is 1. The van der Waals surface area contributed by atoms with Crippen molar-refractivity contribution in [3.63, 3.8) is 0 Å². The first kappa shape index (κ1) is 19.4. The van der Waals surface area contributed by atoms with Gasteiger partial charge in [0.25, 0.3) is 5.91 Å². The Hall–Kier alpha value is -2.39. The van der Waals surface area contributed by atoms with Crippen LogP contribution in [0.4, 0.5) is 24.7 Å². The van der Waals surface area contributed by atoms with Gasteiger partial charge >= 0.3 is 6.18 Å². The van der Waals surface area contributed by atoms with Gasteiger partial charge in [0.15, 0.2) is 0 Å². The molecule has 10 heteroatoms. The lowest BCUT2D eigenvalue weighted by Gasteiger charge is -2.32. The van der Waals surface area contributed by atoms with Crippen molar-refractivity contribution in [1.82, 2.24) is 19.8 Å². The minimum absolute atomic E-state index is 0.0446. The van der Waals surface area contributed by atoms with Crippen LogP contribution in [0.5, 0.6) is 0 Å². The van der Waals surface area contributed by atoms with E-state index in [2.05, 4.69) is 20.2 Å². The van der Waals surface area contributed by atoms with E-state index in [9.17, 15) is 18.0 Å². The van der Waals surface area contributed by atoms with Gasteiger partial charge in [-0.1, -0.05) is 11.6 Å². The number of rotatable bonds is 3. The summed E-state index contributed by atoms with van der Waals surface area (Å²) in [6.45, 7) is 2.70. The van der Waals surface area contributed by atoms with E-state index in [1.165, 1.54) is 12.4 Å². The molecule has 27 heavy (non-hydrogen) atoms. The summed E-state index contributed by atoms with van der Waals surface area (Å²) in [5, 5.41) is 2.83. The van der Waals surface area contributed by atoms with Gasteiger partial charge in [0.2, 0.25) is 0 Å². The standard InChI is InChI=1S/C17H17ClF3N5O/c1-25-4-6-26(7-5-25)16(27)14-9-15(23-10-22-14)24-13-8-11(17(19,20)21)2-3-12(13)18/h2-3,8-10H,4-7H2,1H3,(H,22,23,24). The first-order valence-electron chi connectivity index (χ1n) is 8.17. The van der Waals surface area contributed by atoms with Crippen molar-refractivity contribution in [3.8, 4) is 0 Å². The van der Waals surface area contributed by atoms with Gasteiger partial charge < -0.3 is 15.1 Å². The molecule has 0 atom stereocenters. The van der Waals surface area contributed by atoms with Crippen LogP contribution in [0.15, 0.2) is 30.6 Å². The number of carbonyl (C=O) groups is 1. The molecule has 0 bridgehead atoms. The summed E-state index contributed by atoms with van der Waals surface area (Å²) >= 11 is 5.98. The molecule has 1 aliphatic rings. The average molecular weight is 400 g/mol. The third kappa shape index (κ3) is 4.67. The quantitative estimate of drug-likeness (QED) is 0.858. The third-order valence-electron chi connectivity index (χ3n) is 4.23. The van der Waals surface area contributed by atoms with Crippen molar-refractivity contribution in [2.24, 2.45) is 0 Å². The molecule has 1 N–H and O–H groups in total. The second-order valence-corrected chi connectivity index (χ2v) is 6.61. The molecule has 1 amide bonds. The summed E-state index contributed by atoms with van der Waals surface area (Å²) < 4.78 is 38.7. The molecule has 0 aliphatic carbocycles. The Morgan fingerprint density at radius 2 is 1.85 bits per heavy atom. The second kappa shape index (κ2) is 7.69. The zero-order valence-corrected chi connectivity index (χ0v) is 15.2. The molecule has 1 aromatic heterocycles. The lowest BCUT2D eigenvalue weighted by Crippen LogP contribution is -2.47. The van der Waals surface area contributed by atoms with Crippen molar-refractivity contribution in [2.75, 3.05) is 38.5 Å². The zero-order chi connectivity index (χ0) is 19.6.